The van der Waals surface area contributed by atoms with Gasteiger partial charge in [0.1, 0.15) is 5.82 Å². The molecule has 92 valence electrons. The topological polar surface area (TPSA) is 64.1 Å². The van der Waals surface area contributed by atoms with Crippen LogP contribution in [0.1, 0.15) is 25.7 Å². The van der Waals surface area contributed by atoms with Gasteiger partial charge in [0.15, 0.2) is 0 Å². The number of aliphatic hydroxyl groups is 1. The van der Waals surface area contributed by atoms with Crippen LogP contribution >= 0.6 is 0 Å². The molecule has 0 fully saturated rings. The van der Waals surface area contributed by atoms with E-state index in [0.717, 1.165) is 22.5 Å². The summed E-state index contributed by atoms with van der Waals surface area (Å²) in [7, 11) is 0. The molecule has 0 aliphatic rings. The summed E-state index contributed by atoms with van der Waals surface area (Å²) in [4.78, 5) is 4.51. The quantitative estimate of drug-likeness (QED) is 0.798. The lowest BCUT2D eigenvalue weighted by Gasteiger charge is -2.21. The van der Waals surface area contributed by atoms with Crippen molar-refractivity contribution in [3.8, 4) is 0 Å². The number of fused-ring (bicyclic) bond motifs is 1. The van der Waals surface area contributed by atoms with Crippen LogP contribution in [0.15, 0.2) is 18.2 Å². The second kappa shape index (κ2) is 4.37. The Kier molecular flexibility index (Phi) is 3.07. The van der Waals surface area contributed by atoms with Crippen molar-refractivity contribution in [3.63, 3.8) is 0 Å². The minimum atomic E-state index is 0.176. The zero-order valence-electron chi connectivity index (χ0n) is 10.5. The van der Waals surface area contributed by atoms with E-state index in [1.54, 1.807) is 0 Å². The van der Waals surface area contributed by atoms with Gasteiger partial charge in [0.05, 0.1) is 11.0 Å². The summed E-state index contributed by atoms with van der Waals surface area (Å²) >= 11 is 0. The molecule has 2 aromatic rings. The Morgan fingerprint density at radius 2 is 2.12 bits per heavy atom. The number of imidazole rings is 1. The summed E-state index contributed by atoms with van der Waals surface area (Å²) < 4.78 is 2.16. The van der Waals surface area contributed by atoms with Crippen molar-refractivity contribution < 1.29 is 5.11 Å². The van der Waals surface area contributed by atoms with E-state index in [1.807, 2.05) is 32.0 Å². The molecule has 1 aromatic heterocycles. The van der Waals surface area contributed by atoms with Crippen LogP contribution in [0.3, 0.4) is 0 Å². The van der Waals surface area contributed by atoms with Gasteiger partial charge in [-0.3, -0.25) is 0 Å². The number of anilines is 1. The smallest absolute Gasteiger partial charge is 0.106 e. The van der Waals surface area contributed by atoms with Crippen molar-refractivity contribution >= 4 is 16.7 Å². The van der Waals surface area contributed by atoms with E-state index in [-0.39, 0.29) is 18.6 Å². The maximum absolute atomic E-state index is 9.26. The maximum Gasteiger partial charge on any atom is 0.106 e. The highest BCUT2D eigenvalue weighted by molar-refractivity contribution is 5.79. The van der Waals surface area contributed by atoms with Gasteiger partial charge in [-0.25, -0.2) is 4.98 Å². The fraction of sp³-hybridized carbons (Fsp3) is 0.462. The number of nitrogens with zero attached hydrogens (tertiary/aromatic N) is 2. The van der Waals surface area contributed by atoms with Crippen LogP contribution in [0, 0.1) is 12.8 Å². The third-order valence-electron chi connectivity index (χ3n) is 3.41. The zero-order valence-corrected chi connectivity index (χ0v) is 10.5. The highest BCUT2D eigenvalue weighted by Crippen LogP contribution is 2.26. The summed E-state index contributed by atoms with van der Waals surface area (Å²) in [5, 5.41) is 9.26. The summed E-state index contributed by atoms with van der Waals surface area (Å²) in [5.41, 5.74) is 8.47. The molecular weight excluding hydrogens is 214 g/mol. The zero-order chi connectivity index (χ0) is 12.6. The van der Waals surface area contributed by atoms with Gasteiger partial charge in [0, 0.05) is 18.3 Å². The van der Waals surface area contributed by atoms with Crippen molar-refractivity contribution in [1.82, 2.24) is 9.55 Å². The molecule has 0 amide bonds. The molecule has 0 bridgehead atoms. The fourth-order valence-corrected chi connectivity index (χ4v) is 2.16. The highest BCUT2D eigenvalue weighted by atomic mass is 16.3. The average molecular weight is 233 g/mol. The van der Waals surface area contributed by atoms with Gasteiger partial charge in [-0.05, 0) is 38.0 Å². The van der Waals surface area contributed by atoms with Crippen molar-refractivity contribution in [1.29, 1.82) is 0 Å². The molecule has 0 aliphatic heterocycles. The average Bonchev–Trinajstić information content (AvgIpc) is 2.62. The molecule has 0 aliphatic carbocycles. The van der Waals surface area contributed by atoms with Gasteiger partial charge >= 0.3 is 0 Å². The van der Waals surface area contributed by atoms with Gasteiger partial charge in [0.2, 0.25) is 0 Å². The molecule has 4 nitrogen and oxygen atoms in total. The summed E-state index contributed by atoms with van der Waals surface area (Å²) in [6.07, 6.45) is 0. The van der Waals surface area contributed by atoms with Gasteiger partial charge in [-0.15, -0.1) is 0 Å². The SMILES string of the molecule is Cc1nc2cc(N)ccc2n1C(C)C(C)CO. The van der Waals surface area contributed by atoms with Crippen molar-refractivity contribution in [3.05, 3.63) is 24.0 Å². The number of hydrogen-bond acceptors (Lipinski definition) is 3. The van der Waals surface area contributed by atoms with E-state index >= 15 is 0 Å². The second-order valence-electron chi connectivity index (χ2n) is 4.68. The maximum atomic E-state index is 9.26. The second-order valence-corrected chi connectivity index (χ2v) is 4.68. The number of aryl methyl sites for hydroxylation is 1. The number of aliphatic hydroxyl groups excluding tert-OH is 1. The van der Waals surface area contributed by atoms with E-state index in [0.29, 0.717) is 0 Å². The molecule has 1 aromatic carbocycles. The van der Waals surface area contributed by atoms with Crippen LogP contribution in [0.25, 0.3) is 11.0 Å². The monoisotopic (exact) mass is 233 g/mol. The van der Waals surface area contributed by atoms with Crippen LogP contribution in [0.5, 0.6) is 0 Å². The van der Waals surface area contributed by atoms with Gasteiger partial charge < -0.3 is 15.4 Å². The number of aromatic nitrogens is 2. The molecule has 0 spiro atoms. The van der Waals surface area contributed by atoms with Crippen LogP contribution in [-0.2, 0) is 0 Å². The Morgan fingerprint density at radius 1 is 1.41 bits per heavy atom. The normalized spacial score (nSPS) is 15.1. The number of nitrogen functional groups attached to an aromatic ring is 1. The first-order valence-electron chi connectivity index (χ1n) is 5.89. The molecule has 4 heteroatoms. The van der Waals surface area contributed by atoms with Crippen LogP contribution in [0.4, 0.5) is 5.69 Å². The molecule has 17 heavy (non-hydrogen) atoms. The molecule has 1 heterocycles. The molecule has 2 rings (SSSR count). The Hall–Kier alpha value is -1.55. The Bertz CT molecular complexity index is 533. The highest BCUT2D eigenvalue weighted by Gasteiger charge is 2.18. The first-order valence-corrected chi connectivity index (χ1v) is 5.89. The third kappa shape index (κ3) is 2.00. The summed E-state index contributed by atoms with van der Waals surface area (Å²) in [5.74, 6) is 1.15. The standard InChI is InChI=1S/C13H19N3O/c1-8(7-17)9(2)16-10(3)15-12-6-11(14)4-5-13(12)16/h4-6,8-9,17H,7,14H2,1-3H3. The van der Waals surface area contributed by atoms with Crippen LogP contribution in [-0.4, -0.2) is 21.3 Å². The fourth-order valence-electron chi connectivity index (χ4n) is 2.16. The van der Waals surface area contributed by atoms with Crippen molar-refractivity contribution in [2.75, 3.05) is 12.3 Å². The minimum Gasteiger partial charge on any atom is -0.399 e. The minimum absolute atomic E-state index is 0.176. The van der Waals surface area contributed by atoms with Gasteiger partial charge in [-0.2, -0.15) is 0 Å². The van der Waals surface area contributed by atoms with E-state index in [4.69, 9.17) is 5.73 Å². The Morgan fingerprint density at radius 3 is 2.76 bits per heavy atom. The third-order valence-corrected chi connectivity index (χ3v) is 3.41. The number of benzene rings is 1. The molecule has 2 unspecified atom stereocenters. The van der Waals surface area contributed by atoms with E-state index in [1.165, 1.54) is 0 Å². The van der Waals surface area contributed by atoms with Crippen molar-refractivity contribution in [2.24, 2.45) is 5.92 Å². The Labute approximate surface area is 101 Å². The van der Waals surface area contributed by atoms with Crippen LogP contribution < -0.4 is 5.73 Å². The molecule has 2 atom stereocenters. The summed E-state index contributed by atoms with van der Waals surface area (Å²) in [6, 6.07) is 5.98. The first-order chi connectivity index (χ1) is 8.04. The first kappa shape index (κ1) is 11.9. The van der Waals surface area contributed by atoms with E-state index in [9.17, 15) is 5.11 Å². The molecule has 0 radical (unpaired) electrons. The summed E-state index contributed by atoms with van der Waals surface area (Å²) in [6.45, 7) is 6.30. The lowest BCUT2D eigenvalue weighted by atomic mass is 10.0. The molecule has 3 N–H and O–H groups in total. The number of rotatable bonds is 3. The number of hydrogen-bond donors (Lipinski definition) is 2. The van der Waals surface area contributed by atoms with Crippen molar-refractivity contribution in [2.45, 2.75) is 26.8 Å². The van der Waals surface area contributed by atoms with E-state index < -0.39 is 0 Å². The van der Waals surface area contributed by atoms with Gasteiger partial charge in [0.25, 0.3) is 0 Å². The molecular formula is C13H19N3O. The molecule has 0 saturated carbocycles. The number of nitrogens with two attached hydrogens (primary N) is 1. The molecule has 0 saturated heterocycles. The van der Waals surface area contributed by atoms with Gasteiger partial charge in [-0.1, -0.05) is 6.92 Å². The van der Waals surface area contributed by atoms with E-state index in [2.05, 4.69) is 16.5 Å². The largest absolute Gasteiger partial charge is 0.399 e. The predicted octanol–water partition coefficient (Wildman–Crippen LogP) is 2.12. The van der Waals surface area contributed by atoms with Crippen LogP contribution in [0.2, 0.25) is 0 Å². The lowest BCUT2D eigenvalue weighted by Crippen LogP contribution is -2.18. The Balaban J connectivity index is 2.57. The predicted molar refractivity (Wildman–Crippen MR) is 69.8 cm³/mol. The lowest BCUT2D eigenvalue weighted by molar-refractivity contribution is 0.198.